The SMILES string of the molecule is O=c1cccc2s[c]ccc1-2. The molecule has 0 aromatic rings. The molecular weight excluding hydrogens is 156 g/mol. The largest absolute Gasteiger partial charge is 0.289 e. The van der Waals surface area contributed by atoms with Crippen molar-refractivity contribution in [1.29, 1.82) is 0 Å². The van der Waals surface area contributed by atoms with E-state index >= 15 is 0 Å². The summed E-state index contributed by atoms with van der Waals surface area (Å²) in [4.78, 5) is 12.2. The van der Waals surface area contributed by atoms with Crippen LogP contribution in [-0.2, 0) is 0 Å². The van der Waals surface area contributed by atoms with Crippen molar-refractivity contribution in [2.24, 2.45) is 0 Å². The quantitative estimate of drug-likeness (QED) is 0.577. The Labute approximate surface area is 68.3 Å². The van der Waals surface area contributed by atoms with Crippen LogP contribution in [0.3, 0.4) is 0 Å². The Hall–Kier alpha value is -1.15. The topological polar surface area (TPSA) is 17.1 Å². The molecule has 0 atom stereocenters. The van der Waals surface area contributed by atoms with Crippen molar-refractivity contribution in [3.63, 3.8) is 0 Å². The van der Waals surface area contributed by atoms with Gasteiger partial charge in [-0.2, -0.15) is 0 Å². The first-order chi connectivity index (χ1) is 5.38. The standard InChI is InChI=1S/C9H5OS/c10-8-4-1-5-9-7(8)3-2-6-11-9/h1-5H. The molecular formula is C9H5OS. The van der Waals surface area contributed by atoms with Crippen molar-refractivity contribution in [3.8, 4) is 10.4 Å². The number of fused-ring (bicyclic) bond motifs is 1. The molecule has 0 unspecified atom stereocenters. The highest BCUT2D eigenvalue weighted by molar-refractivity contribution is 7.12. The molecule has 0 saturated carbocycles. The first kappa shape index (κ1) is 6.55. The van der Waals surface area contributed by atoms with Crippen molar-refractivity contribution in [2.75, 3.05) is 0 Å². The van der Waals surface area contributed by atoms with E-state index in [1.807, 2.05) is 6.07 Å². The van der Waals surface area contributed by atoms with Crippen LogP contribution in [0.5, 0.6) is 0 Å². The third kappa shape index (κ3) is 1.05. The number of hydrogen-bond acceptors (Lipinski definition) is 2. The van der Waals surface area contributed by atoms with Crippen LogP contribution in [0.4, 0.5) is 0 Å². The van der Waals surface area contributed by atoms with Gasteiger partial charge in [-0.3, -0.25) is 4.79 Å². The van der Waals surface area contributed by atoms with E-state index in [0.717, 1.165) is 10.4 Å². The van der Waals surface area contributed by atoms with Crippen LogP contribution in [0, 0.1) is 5.38 Å². The van der Waals surface area contributed by atoms with E-state index in [4.69, 9.17) is 0 Å². The van der Waals surface area contributed by atoms with Gasteiger partial charge in [0.2, 0.25) is 0 Å². The summed E-state index contributed by atoms with van der Waals surface area (Å²) >= 11 is 1.47. The molecule has 0 aromatic carbocycles. The third-order valence-corrected chi connectivity index (χ3v) is 2.34. The van der Waals surface area contributed by atoms with Crippen molar-refractivity contribution in [3.05, 3.63) is 45.9 Å². The summed E-state index contributed by atoms with van der Waals surface area (Å²) < 4.78 is 0. The summed E-state index contributed by atoms with van der Waals surface area (Å²) in [6.07, 6.45) is 0. The van der Waals surface area contributed by atoms with Crippen molar-refractivity contribution in [2.45, 2.75) is 0 Å². The fourth-order valence-electron chi connectivity index (χ4n) is 0.992. The van der Waals surface area contributed by atoms with Gasteiger partial charge in [-0.05, 0) is 24.3 Å². The molecule has 2 rings (SSSR count). The third-order valence-electron chi connectivity index (χ3n) is 1.51. The highest BCUT2D eigenvalue weighted by Crippen LogP contribution is 2.20. The van der Waals surface area contributed by atoms with Crippen LogP contribution in [0.1, 0.15) is 0 Å². The van der Waals surface area contributed by atoms with Crippen LogP contribution in [-0.4, -0.2) is 0 Å². The van der Waals surface area contributed by atoms with Crippen LogP contribution in [0.25, 0.3) is 10.4 Å². The fraction of sp³-hybridized carbons (Fsp3) is 0. The minimum Gasteiger partial charge on any atom is -0.289 e. The van der Waals surface area contributed by atoms with Crippen LogP contribution >= 0.6 is 11.3 Å². The van der Waals surface area contributed by atoms with Gasteiger partial charge in [0, 0.05) is 15.8 Å². The predicted molar refractivity (Wildman–Crippen MR) is 46.0 cm³/mol. The number of rotatable bonds is 0. The zero-order valence-corrected chi connectivity index (χ0v) is 6.52. The van der Waals surface area contributed by atoms with Gasteiger partial charge in [-0.25, -0.2) is 0 Å². The lowest BCUT2D eigenvalue weighted by atomic mass is 10.2. The van der Waals surface area contributed by atoms with Crippen molar-refractivity contribution >= 4 is 11.3 Å². The van der Waals surface area contributed by atoms with Crippen LogP contribution in [0.2, 0.25) is 0 Å². The first-order valence-electron chi connectivity index (χ1n) is 3.27. The van der Waals surface area contributed by atoms with Gasteiger partial charge < -0.3 is 0 Å². The molecule has 1 radical (unpaired) electrons. The lowest BCUT2D eigenvalue weighted by Gasteiger charge is -1.98. The van der Waals surface area contributed by atoms with Gasteiger partial charge in [-0.15, -0.1) is 11.3 Å². The van der Waals surface area contributed by atoms with E-state index < -0.39 is 0 Å². The molecule has 11 heavy (non-hydrogen) atoms. The van der Waals surface area contributed by atoms with Gasteiger partial charge in [0.25, 0.3) is 0 Å². The maximum atomic E-state index is 11.2. The monoisotopic (exact) mass is 161 g/mol. The highest BCUT2D eigenvalue weighted by Gasteiger charge is 2.01. The van der Waals surface area contributed by atoms with Gasteiger partial charge >= 0.3 is 0 Å². The van der Waals surface area contributed by atoms with Gasteiger partial charge in [0.05, 0.1) is 0 Å². The molecule has 2 heteroatoms. The average molecular weight is 161 g/mol. The molecule has 2 aliphatic rings. The van der Waals surface area contributed by atoms with E-state index in [9.17, 15) is 4.79 Å². The lowest BCUT2D eigenvalue weighted by Crippen LogP contribution is -2.00. The Morgan fingerprint density at radius 2 is 2.18 bits per heavy atom. The molecule has 1 nitrogen and oxygen atoms in total. The highest BCUT2D eigenvalue weighted by atomic mass is 32.1. The Morgan fingerprint density at radius 3 is 3.00 bits per heavy atom. The second-order valence-electron chi connectivity index (χ2n) is 2.22. The van der Waals surface area contributed by atoms with E-state index in [-0.39, 0.29) is 5.43 Å². The van der Waals surface area contributed by atoms with Crippen molar-refractivity contribution in [1.82, 2.24) is 0 Å². The maximum Gasteiger partial charge on any atom is 0.187 e. The maximum absolute atomic E-state index is 11.2. The minimum absolute atomic E-state index is 0.0905. The molecule has 53 valence electrons. The lowest BCUT2D eigenvalue weighted by molar-refractivity contribution is 1.58. The molecule has 0 amide bonds. The summed E-state index contributed by atoms with van der Waals surface area (Å²) in [5, 5.41) is 2.97. The molecule has 1 heterocycles. The summed E-state index contributed by atoms with van der Waals surface area (Å²) in [5.41, 5.74) is 0.879. The summed E-state index contributed by atoms with van der Waals surface area (Å²) in [5.74, 6) is 0. The van der Waals surface area contributed by atoms with Crippen LogP contribution in [0.15, 0.2) is 35.1 Å². The smallest absolute Gasteiger partial charge is 0.187 e. The van der Waals surface area contributed by atoms with E-state index in [1.54, 1.807) is 24.3 Å². The molecule has 1 aliphatic heterocycles. The molecule has 0 aromatic heterocycles. The average Bonchev–Trinajstić information content (AvgIpc) is 2.06. The summed E-state index contributed by atoms with van der Waals surface area (Å²) in [6.45, 7) is 0. The van der Waals surface area contributed by atoms with E-state index in [0.29, 0.717) is 0 Å². The second-order valence-corrected chi connectivity index (χ2v) is 3.10. The fourth-order valence-corrected chi connectivity index (χ4v) is 1.68. The van der Waals surface area contributed by atoms with Gasteiger partial charge in [-0.1, -0.05) is 6.07 Å². The summed E-state index contributed by atoms with van der Waals surface area (Å²) in [7, 11) is 0. The molecule has 0 saturated heterocycles. The summed E-state index contributed by atoms with van der Waals surface area (Å²) in [6, 6.07) is 8.85. The normalized spacial score (nSPS) is 10.2. The van der Waals surface area contributed by atoms with E-state index in [2.05, 4.69) is 5.38 Å². The molecule has 0 bridgehead atoms. The second kappa shape index (κ2) is 2.47. The first-order valence-corrected chi connectivity index (χ1v) is 4.08. The molecule has 1 aliphatic carbocycles. The van der Waals surface area contributed by atoms with E-state index in [1.165, 1.54) is 11.3 Å². The van der Waals surface area contributed by atoms with Crippen LogP contribution < -0.4 is 5.43 Å². The Bertz CT molecular complexity index is 391. The van der Waals surface area contributed by atoms with Crippen molar-refractivity contribution < 1.29 is 0 Å². The zero-order valence-electron chi connectivity index (χ0n) is 5.70. The molecule has 0 spiro atoms. The number of benzene rings is 1. The van der Waals surface area contributed by atoms with Gasteiger partial charge in [0.15, 0.2) is 5.43 Å². The zero-order chi connectivity index (χ0) is 7.68. The molecule has 0 fully saturated rings. The number of hydrogen-bond donors (Lipinski definition) is 0. The Morgan fingerprint density at radius 1 is 1.27 bits per heavy atom. The predicted octanol–water partition coefficient (Wildman–Crippen LogP) is 2.01. The Balaban J connectivity index is 2.90. The Kier molecular flexibility index (Phi) is 1.47. The molecule has 0 N–H and O–H groups in total. The van der Waals surface area contributed by atoms with Gasteiger partial charge in [0.1, 0.15) is 0 Å². The minimum atomic E-state index is 0.0905.